The monoisotopic (exact) mass is 279 g/mol. The lowest BCUT2D eigenvalue weighted by atomic mass is 9.98. The second-order valence-corrected chi connectivity index (χ2v) is 5.22. The Bertz CT molecular complexity index is 436. The number of nitrogens with one attached hydrogen (secondary N) is 1. The van der Waals surface area contributed by atoms with Gasteiger partial charge in [-0.25, -0.2) is 4.57 Å². The number of nitrogens with zero attached hydrogens (tertiary/aromatic N) is 3. The Labute approximate surface area is 118 Å². The Morgan fingerprint density at radius 1 is 1.65 bits per heavy atom. The molecule has 0 amide bonds. The van der Waals surface area contributed by atoms with Crippen molar-refractivity contribution in [1.82, 2.24) is 14.9 Å². The summed E-state index contributed by atoms with van der Waals surface area (Å²) in [6.07, 6.45) is 7.07. The predicted octanol–water partition coefficient (Wildman–Crippen LogP) is 0.837. The highest BCUT2D eigenvalue weighted by Crippen LogP contribution is 2.32. The topological polar surface area (TPSA) is 93.2 Å². The van der Waals surface area contributed by atoms with Gasteiger partial charge in [0.05, 0.1) is 12.6 Å². The van der Waals surface area contributed by atoms with Gasteiger partial charge in [0.2, 0.25) is 0 Å². The summed E-state index contributed by atoms with van der Waals surface area (Å²) in [6.45, 7) is 1.49. The van der Waals surface area contributed by atoms with E-state index in [0.29, 0.717) is 6.54 Å². The molecule has 8 heteroatoms. The number of imidazole rings is 1. The van der Waals surface area contributed by atoms with Gasteiger partial charge in [0.25, 0.3) is 0 Å². The number of nitro groups is 1. The molecule has 0 aliphatic carbocycles. The second kappa shape index (κ2) is 7.40. The maximum absolute atomic E-state index is 10.7. The third-order valence-electron chi connectivity index (χ3n) is 3.39. The number of aliphatic hydroxyl groups excluding tert-OH is 1. The molecule has 109 valence electrons. The molecule has 0 saturated carbocycles. The highest BCUT2D eigenvalue weighted by Gasteiger charge is 2.21. The Hall–Kier alpha value is -1.41. The zero-order valence-corrected chi connectivity index (χ0v) is 11.4. The van der Waals surface area contributed by atoms with Gasteiger partial charge in [-0.1, -0.05) is 30.0 Å². The summed E-state index contributed by atoms with van der Waals surface area (Å²) >= 11 is 0. The van der Waals surface area contributed by atoms with Crippen molar-refractivity contribution in [3.8, 4) is 0 Å². The average Bonchev–Trinajstić information content (AvgIpc) is 3.11. The quantitative estimate of drug-likeness (QED) is 0.286. The molecule has 0 aromatic carbocycles. The molecule has 1 fully saturated rings. The van der Waals surface area contributed by atoms with E-state index in [1.165, 1.54) is 36.1 Å². The molecule has 1 saturated heterocycles. The van der Waals surface area contributed by atoms with E-state index in [2.05, 4.69) is 17.6 Å². The van der Waals surface area contributed by atoms with Crippen LogP contribution in [0.3, 0.4) is 0 Å². The third kappa shape index (κ3) is 4.94. The number of aliphatic hydroxyl groups is 1. The first-order valence-corrected chi connectivity index (χ1v) is 7.04. The minimum absolute atomic E-state index is 0.181. The summed E-state index contributed by atoms with van der Waals surface area (Å²) in [7, 11) is 2.33. The van der Waals surface area contributed by atoms with Crippen molar-refractivity contribution in [2.45, 2.75) is 44.0 Å². The van der Waals surface area contributed by atoms with E-state index in [0.717, 1.165) is 18.8 Å². The van der Waals surface area contributed by atoms with Gasteiger partial charge >= 0.3 is 5.95 Å². The number of hydrogen-bond acceptors (Lipinski definition) is 5. The Kier molecular flexibility index (Phi) is 5.54. The Morgan fingerprint density at radius 3 is 3.15 bits per heavy atom. The fourth-order valence-electron chi connectivity index (χ4n) is 2.16. The molecule has 2 atom stereocenters. The fourth-order valence-corrected chi connectivity index (χ4v) is 2.16. The maximum atomic E-state index is 10.7. The van der Waals surface area contributed by atoms with E-state index in [4.69, 9.17) is 0 Å². The SMILES string of the molecule is O=[N+]([O-])c1nccn1CC(O)CNCCCCC1[B]C1. The molecule has 7 nitrogen and oxygen atoms in total. The lowest BCUT2D eigenvalue weighted by Crippen LogP contribution is -2.31. The van der Waals surface area contributed by atoms with E-state index in [1.807, 2.05) is 0 Å². The minimum Gasteiger partial charge on any atom is -0.390 e. The van der Waals surface area contributed by atoms with Crippen LogP contribution in [0.1, 0.15) is 19.3 Å². The molecule has 2 unspecified atom stereocenters. The van der Waals surface area contributed by atoms with Crippen LogP contribution in [0.2, 0.25) is 12.1 Å². The molecule has 1 aromatic rings. The number of hydrogen-bond donors (Lipinski definition) is 2. The van der Waals surface area contributed by atoms with Crippen molar-refractivity contribution in [3.63, 3.8) is 0 Å². The lowest BCUT2D eigenvalue weighted by Gasteiger charge is -2.11. The molecule has 1 aliphatic rings. The normalized spacial score (nSPS) is 18.6. The van der Waals surface area contributed by atoms with E-state index in [-0.39, 0.29) is 12.5 Å². The average molecular weight is 279 g/mol. The van der Waals surface area contributed by atoms with Crippen LogP contribution in [0.25, 0.3) is 0 Å². The Balaban J connectivity index is 1.58. The fraction of sp³-hybridized carbons (Fsp3) is 0.750. The number of aromatic nitrogens is 2. The molecule has 2 rings (SSSR count). The smallest absolute Gasteiger partial charge is 0.390 e. The van der Waals surface area contributed by atoms with Crippen LogP contribution in [-0.4, -0.2) is 46.1 Å². The van der Waals surface area contributed by atoms with Crippen LogP contribution >= 0.6 is 0 Å². The van der Waals surface area contributed by atoms with E-state index in [1.54, 1.807) is 0 Å². The lowest BCUT2D eigenvalue weighted by molar-refractivity contribution is -0.397. The number of rotatable bonds is 10. The summed E-state index contributed by atoms with van der Waals surface area (Å²) in [5.74, 6) is 0.618. The van der Waals surface area contributed by atoms with E-state index in [9.17, 15) is 15.2 Å². The molecule has 2 N–H and O–H groups in total. The first-order chi connectivity index (χ1) is 9.66. The van der Waals surface area contributed by atoms with Crippen LogP contribution in [0, 0.1) is 10.1 Å². The van der Waals surface area contributed by atoms with Crippen molar-refractivity contribution in [2.75, 3.05) is 13.1 Å². The molecular formula is C12H20BN4O3. The predicted molar refractivity (Wildman–Crippen MR) is 75.9 cm³/mol. The van der Waals surface area contributed by atoms with Crippen molar-refractivity contribution in [2.24, 2.45) is 0 Å². The zero-order chi connectivity index (χ0) is 14.4. The minimum atomic E-state index is -0.653. The zero-order valence-electron chi connectivity index (χ0n) is 11.4. The summed E-state index contributed by atoms with van der Waals surface area (Å²) in [5, 5.41) is 23.7. The highest BCUT2D eigenvalue weighted by molar-refractivity contribution is 6.50. The second-order valence-electron chi connectivity index (χ2n) is 5.22. The standard InChI is InChI=1S/C12H20BN4O3/c18-11(8-14-4-2-1-3-10-7-13-10)9-16-6-5-15-12(16)17(19)20/h5-6,10-11,14,18H,1-4,7-9H2. The van der Waals surface area contributed by atoms with E-state index >= 15 is 0 Å². The third-order valence-corrected chi connectivity index (χ3v) is 3.39. The van der Waals surface area contributed by atoms with Crippen LogP contribution < -0.4 is 5.32 Å². The summed E-state index contributed by atoms with van der Waals surface area (Å²) in [5.41, 5.74) is 0. The van der Waals surface area contributed by atoms with Crippen LogP contribution in [0.4, 0.5) is 5.95 Å². The summed E-state index contributed by atoms with van der Waals surface area (Å²) in [6, 6.07) is 0. The van der Waals surface area contributed by atoms with Gasteiger partial charge in [-0.2, -0.15) is 0 Å². The molecule has 1 radical (unpaired) electrons. The largest absolute Gasteiger partial charge is 0.434 e. The van der Waals surface area contributed by atoms with Crippen LogP contribution in [0.15, 0.2) is 12.4 Å². The van der Waals surface area contributed by atoms with Gasteiger partial charge < -0.3 is 20.5 Å². The molecule has 20 heavy (non-hydrogen) atoms. The molecule has 0 bridgehead atoms. The van der Waals surface area contributed by atoms with Crippen molar-refractivity contribution in [3.05, 3.63) is 22.5 Å². The maximum Gasteiger partial charge on any atom is 0.434 e. The first-order valence-electron chi connectivity index (χ1n) is 7.04. The van der Waals surface area contributed by atoms with Crippen molar-refractivity contribution in [1.29, 1.82) is 0 Å². The van der Waals surface area contributed by atoms with Crippen molar-refractivity contribution >= 4 is 13.2 Å². The summed E-state index contributed by atoms with van der Waals surface area (Å²) in [4.78, 5) is 13.8. The molecule has 2 heterocycles. The molecule has 1 aromatic heterocycles. The van der Waals surface area contributed by atoms with Gasteiger partial charge in [-0.05, 0) is 17.9 Å². The molecular weight excluding hydrogens is 259 g/mol. The van der Waals surface area contributed by atoms with Gasteiger partial charge in [-0.15, -0.1) is 0 Å². The molecule has 1 aliphatic heterocycles. The van der Waals surface area contributed by atoms with Gasteiger partial charge in [0.1, 0.15) is 19.7 Å². The van der Waals surface area contributed by atoms with Gasteiger partial charge in [0.15, 0.2) is 0 Å². The molecule has 0 spiro atoms. The Morgan fingerprint density at radius 2 is 2.45 bits per heavy atom. The number of unbranched alkanes of at least 4 members (excludes halogenated alkanes) is 1. The van der Waals surface area contributed by atoms with E-state index < -0.39 is 11.0 Å². The van der Waals surface area contributed by atoms with Gasteiger partial charge in [-0.3, -0.25) is 0 Å². The van der Waals surface area contributed by atoms with Crippen LogP contribution in [-0.2, 0) is 6.54 Å². The summed E-state index contributed by atoms with van der Waals surface area (Å²) < 4.78 is 1.36. The van der Waals surface area contributed by atoms with Crippen LogP contribution in [0.5, 0.6) is 0 Å². The van der Waals surface area contributed by atoms with Crippen molar-refractivity contribution < 1.29 is 10.0 Å². The highest BCUT2D eigenvalue weighted by atomic mass is 16.6. The first kappa shape index (κ1) is 15.0. The van der Waals surface area contributed by atoms with Gasteiger partial charge in [0, 0.05) is 6.54 Å².